The second kappa shape index (κ2) is 7.52. The van der Waals surface area contributed by atoms with Gasteiger partial charge in [-0.3, -0.25) is 20.0 Å². The minimum atomic E-state index is -3.88. The second-order valence-electron chi connectivity index (χ2n) is 6.08. The number of rotatable bonds is 5. The van der Waals surface area contributed by atoms with Crippen LogP contribution in [-0.4, -0.2) is 24.3 Å². The Morgan fingerprint density at radius 3 is 2.58 bits per heavy atom. The summed E-state index contributed by atoms with van der Waals surface area (Å²) >= 11 is 4.82. The van der Waals surface area contributed by atoms with Gasteiger partial charge >= 0.3 is 0 Å². The average molecular weight is 394 g/mol. The monoisotopic (exact) mass is 394 g/mol. The van der Waals surface area contributed by atoms with E-state index in [0.717, 1.165) is 31.2 Å². The molecule has 3 rings (SSSR count). The molecule has 0 saturated heterocycles. The largest absolute Gasteiger partial charge is 0.335 e. The second-order valence-corrected chi connectivity index (χ2v) is 8.17. The lowest BCUT2D eigenvalue weighted by Crippen LogP contribution is -2.42. The number of amides is 1. The average Bonchev–Trinajstić information content (AvgIpc) is 2.59. The third-order valence-corrected chi connectivity index (χ3v) is 5.57. The molecule has 0 fully saturated rings. The molecule has 1 aromatic carbocycles. The molecule has 138 valence electrons. The van der Waals surface area contributed by atoms with E-state index in [1.165, 1.54) is 17.7 Å². The number of fused-ring (bicyclic) bond motifs is 1. The molecular formula is C16H18N4O4S2. The zero-order valence-corrected chi connectivity index (χ0v) is 15.4. The van der Waals surface area contributed by atoms with Gasteiger partial charge in [-0.15, -0.1) is 4.83 Å². The molecule has 1 aliphatic rings. The Balaban J connectivity index is 1.67. The molecule has 0 unspecified atom stereocenters. The maximum Gasteiger partial charge on any atom is 0.257 e. The van der Waals surface area contributed by atoms with Crippen LogP contribution in [0.1, 0.15) is 29.7 Å². The van der Waals surface area contributed by atoms with Crippen LogP contribution < -0.4 is 15.8 Å². The van der Waals surface area contributed by atoms with E-state index in [2.05, 4.69) is 20.2 Å². The minimum Gasteiger partial charge on any atom is -0.335 e. The maximum absolute atomic E-state index is 12.4. The van der Waals surface area contributed by atoms with Crippen LogP contribution in [0.5, 0.6) is 0 Å². The summed E-state index contributed by atoms with van der Waals surface area (Å²) in [7, 11) is -3.88. The van der Waals surface area contributed by atoms with Crippen LogP contribution >= 0.6 is 12.2 Å². The third-order valence-electron chi connectivity index (χ3n) is 4.12. The Bertz CT molecular complexity index is 1030. The first-order chi connectivity index (χ1) is 12.3. The number of aryl methyl sites for hydroxylation is 2. The number of aromatic amines is 2. The Hall–Kier alpha value is -2.30. The Labute approximate surface area is 155 Å². The molecule has 1 aromatic heterocycles. The van der Waals surface area contributed by atoms with E-state index in [0.29, 0.717) is 0 Å². The van der Waals surface area contributed by atoms with Gasteiger partial charge in [0.25, 0.3) is 15.6 Å². The van der Waals surface area contributed by atoms with Crippen molar-refractivity contribution in [2.45, 2.75) is 37.0 Å². The van der Waals surface area contributed by atoms with Crippen LogP contribution in [0.15, 0.2) is 34.0 Å². The number of carbonyl (C=O) groups is 1. The van der Waals surface area contributed by atoms with Gasteiger partial charge in [0.2, 0.25) is 5.91 Å². The summed E-state index contributed by atoms with van der Waals surface area (Å²) in [4.78, 5) is 30.5. The highest BCUT2D eigenvalue weighted by atomic mass is 32.2. The molecule has 10 heteroatoms. The molecule has 0 spiro atoms. The lowest BCUT2D eigenvalue weighted by Gasteiger charge is -2.17. The Kier molecular flexibility index (Phi) is 5.35. The number of hydrogen-bond acceptors (Lipinski definition) is 5. The number of aromatic nitrogens is 2. The summed E-state index contributed by atoms with van der Waals surface area (Å²) in [6, 6.07) is 6.19. The molecule has 4 N–H and O–H groups in total. The van der Waals surface area contributed by atoms with Gasteiger partial charge in [-0.1, -0.05) is 6.07 Å². The van der Waals surface area contributed by atoms with Crippen LogP contribution in [0, 0.1) is 4.77 Å². The van der Waals surface area contributed by atoms with Gasteiger partial charge in [0, 0.05) is 11.8 Å². The predicted molar refractivity (Wildman–Crippen MR) is 97.5 cm³/mol. The molecule has 8 nitrogen and oxygen atoms in total. The number of hydrogen-bond donors (Lipinski definition) is 4. The first-order valence-electron chi connectivity index (χ1n) is 8.08. The van der Waals surface area contributed by atoms with E-state index < -0.39 is 21.5 Å². The van der Waals surface area contributed by atoms with E-state index in [-0.39, 0.29) is 21.8 Å². The fraction of sp³-hybridized carbons (Fsp3) is 0.312. The van der Waals surface area contributed by atoms with Crippen molar-refractivity contribution in [2.75, 3.05) is 0 Å². The molecule has 1 heterocycles. The van der Waals surface area contributed by atoms with E-state index in [1.54, 1.807) is 6.07 Å². The number of H-pyrrole nitrogens is 2. The van der Waals surface area contributed by atoms with Crippen LogP contribution in [-0.2, 0) is 34.1 Å². The molecule has 0 radical (unpaired) electrons. The fourth-order valence-electron chi connectivity index (χ4n) is 2.89. The van der Waals surface area contributed by atoms with Gasteiger partial charge in [-0.05, 0) is 61.2 Å². The summed E-state index contributed by atoms with van der Waals surface area (Å²) in [5.41, 5.74) is 4.19. The van der Waals surface area contributed by atoms with Crippen LogP contribution in [0.2, 0.25) is 0 Å². The van der Waals surface area contributed by atoms with Gasteiger partial charge in [0.15, 0.2) is 4.77 Å². The lowest BCUT2D eigenvalue weighted by atomic mass is 9.92. The van der Waals surface area contributed by atoms with E-state index in [1.807, 2.05) is 6.07 Å². The van der Waals surface area contributed by atoms with Gasteiger partial charge < -0.3 is 4.98 Å². The lowest BCUT2D eigenvalue weighted by molar-refractivity contribution is -0.120. The van der Waals surface area contributed by atoms with Crippen molar-refractivity contribution in [1.29, 1.82) is 0 Å². The van der Waals surface area contributed by atoms with Crippen molar-refractivity contribution < 1.29 is 13.2 Å². The van der Waals surface area contributed by atoms with Crippen molar-refractivity contribution >= 4 is 28.1 Å². The van der Waals surface area contributed by atoms with Crippen molar-refractivity contribution in [3.8, 4) is 0 Å². The molecule has 0 aliphatic heterocycles. The van der Waals surface area contributed by atoms with Crippen LogP contribution in [0.4, 0.5) is 0 Å². The van der Waals surface area contributed by atoms with Gasteiger partial charge in [-0.25, -0.2) is 8.42 Å². The summed E-state index contributed by atoms with van der Waals surface area (Å²) in [5, 5.41) is 0. The number of benzene rings is 1. The third kappa shape index (κ3) is 4.45. The molecule has 2 aromatic rings. The highest BCUT2D eigenvalue weighted by molar-refractivity contribution is 7.89. The molecule has 1 aliphatic carbocycles. The topological polar surface area (TPSA) is 124 Å². The standard InChI is InChI=1S/C16H18N4O4S2/c21-14-8-12(17-16(25)18-14)9-15(22)19-20-26(23,24)13-6-5-10-3-1-2-4-11(10)7-13/h5-8,20H,1-4,9H2,(H,19,22)(H2,17,18,21,25). The molecule has 0 saturated carbocycles. The summed E-state index contributed by atoms with van der Waals surface area (Å²) < 4.78 is 24.8. The van der Waals surface area contributed by atoms with Crippen LogP contribution in [0.25, 0.3) is 0 Å². The quantitative estimate of drug-likeness (QED) is 0.442. The van der Waals surface area contributed by atoms with Crippen molar-refractivity contribution in [2.24, 2.45) is 0 Å². The predicted octanol–water partition coefficient (Wildman–Crippen LogP) is 0.863. The Morgan fingerprint density at radius 2 is 1.85 bits per heavy atom. The summed E-state index contributed by atoms with van der Waals surface area (Å²) in [6.45, 7) is 0. The first-order valence-corrected chi connectivity index (χ1v) is 9.97. The van der Waals surface area contributed by atoms with Crippen molar-refractivity contribution in [1.82, 2.24) is 20.2 Å². The van der Waals surface area contributed by atoms with E-state index in [4.69, 9.17) is 12.2 Å². The number of carbonyl (C=O) groups excluding carboxylic acids is 1. The molecule has 1 amide bonds. The smallest absolute Gasteiger partial charge is 0.257 e. The number of nitrogens with one attached hydrogen (secondary N) is 4. The zero-order valence-electron chi connectivity index (χ0n) is 13.8. The van der Waals surface area contributed by atoms with Gasteiger partial charge in [-0.2, -0.15) is 0 Å². The van der Waals surface area contributed by atoms with E-state index in [9.17, 15) is 18.0 Å². The van der Waals surface area contributed by atoms with Gasteiger partial charge in [0.05, 0.1) is 11.3 Å². The zero-order chi connectivity index (χ0) is 18.7. The van der Waals surface area contributed by atoms with Crippen LogP contribution in [0.3, 0.4) is 0 Å². The normalized spacial score (nSPS) is 13.8. The molecule has 0 bridgehead atoms. The summed E-state index contributed by atoms with van der Waals surface area (Å²) in [6.07, 6.45) is 3.74. The SMILES string of the molecule is O=C(Cc1cc(=O)[nH]c(=S)[nH]1)NNS(=O)(=O)c1ccc2c(c1)CCCC2. The highest BCUT2D eigenvalue weighted by Gasteiger charge is 2.18. The minimum absolute atomic E-state index is 0.0925. The van der Waals surface area contributed by atoms with Crippen molar-refractivity contribution in [3.63, 3.8) is 0 Å². The fourth-order valence-corrected chi connectivity index (χ4v) is 4.03. The summed E-state index contributed by atoms with van der Waals surface area (Å²) in [5.74, 6) is -0.622. The van der Waals surface area contributed by atoms with Crippen molar-refractivity contribution in [3.05, 3.63) is 56.2 Å². The number of hydrazine groups is 1. The maximum atomic E-state index is 12.4. The van der Waals surface area contributed by atoms with E-state index >= 15 is 0 Å². The highest BCUT2D eigenvalue weighted by Crippen LogP contribution is 2.23. The van der Waals surface area contributed by atoms with Gasteiger partial charge in [0.1, 0.15) is 0 Å². The molecular weight excluding hydrogens is 376 g/mol. The molecule has 0 atom stereocenters. The Morgan fingerprint density at radius 1 is 1.12 bits per heavy atom. The number of sulfonamides is 1. The first kappa shape index (κ1) is 18.5. The molecule has 26 heavy (non-hydrogen) atoms.